The molecule has 1 aliphatic carbocycles. The molecule has 0 unspecified atom stereocenters. The van der Waals surface area contributed by atoms with E-state index in [-0.39, 0.29) is 4.81 Å². The summed E-state index contributed by atoms with van der Waals surface area (Å²) < 4.78 is 4.78. The number of rotatable bonds is 2. The van der Waals surface area contributed by atoms with Crippen molar-refractivity contribution >= 4 is 12.8 Å². The van der Waals surface area contributed by atoms with Crippen LogP contribution in [0.15, 0.2) is 24.3 Å². The van der Waals surface area contributed by atoms with Gasteiger partial charge in [-0.3, -0.25) is 0 Å². The van der Waals surface area contributed by atoms with E-state index < -0.39 is 17.7 Å². The van der Waals surface area contributed by atoms with Crippen LogP contribution in [0.25, 0.3) is 0 Å². The normalized spacial score (nSPS) is 16.1. The Morgan fingerprint density at radius 3 is 1.79 bits per heavy atom. The van der Waals surface area contributed by atoms with E-state index in [0.717, 1.165) is 0 Å². The Labute approximate surface area is 81.1 Å². The molecule has 0 aromatic carbocycles. The van der Waals surface area contributed by atoms with Crippen molar-refractivity contribution in [3.8, 4) is 0 Å². The molecular formula is C10H10O3W. The van der Waals surface area contributed by atoms with Crippen LogP contribution in [0.2, 0.25) is 9.12 Å². The zero-order chi connectivity index (χ0) is 10.7. The van der Waals surface area contributed by atoms with E-state index in [9.17, 15) is 14.4 Å². The van der Waals surface area contributed by atoms with Gasteiger partial charge in [-0.2, -0.15) is 0 Å². The Kier molecular flexibility index (Phi) is 2.81. The van der Waals surface area contributed by atoms with Crippen LogP contribution in [0.1, 0.15) is 6.92 Å². The molecule has 0 atom stereocenters. The van der Waals surface area contributed by atoms with Gasteiger partial charge in [0, 0.05) is 0 Å². The molecule has 4 heteroatoms. The van der Waals surface area contributed by atoms with Gasteiger partial charge in [0.1, 0.15) is 0 Å². The van der Waals surface area contributed by atoms with Crippen LogP contribution >= 0.6 is 0 Å². The molecule has 1 aliphatic rings. The third-order valence-corrected chi connectivity index (χ3v) is 16.3. The van der Waals surface area contributed by atoms with Gasteiger partial charge >= 0.3 is 81.0 Å². The van der Waals surface area contributed by atoms with Crippen molar-refractivity contribution in [1.82, 2.24) is 0 Å². The molecule has 3 nitrogen and oxygen atoms in total. The molecule has 0 saturated heterocycles. The van der Waals surface area contributed by atoms with Gasteiger partial charge in [0.15, 0.2) is 0 Å². The van der Waals surface area contributed by atoms with E-state index >= 15 is 0 Å². The number of hydrogen-bond donors (Lipinski definition) is 0. The molecule has 1 rings (SSSR count). The molecule has 0 amide bonds. The summed E-state index contributed by atoms with van der Waals surface area (Å²) in [7, 11) is 0. The second kappa shape index (κ2) is 3.58. The Morgan fingerprint density at radius 2 is 1.50 bits per heavy atom. The first-order valence-corrected chi connectivity index (χ1v) is 12.3. The number of allylic oxidation sites excluding steroid dienone is 4. The molecule has 0 aromatic heterocycles. The zero-order valence-corrected chi connectivity index (χ0v) is 10.7. The molecule has 0 bridgehead atoms. The van der Waals surface area contributed by atoms with Gasteiger partial charge in [-0.15, -0.1) is 0 Å². The second-order valence-corrected chi connectivity index (χ2v) is 17.9. The van der Waals surface area contributed by atoms with Gasteiger partial charge in [-0.05, 0) is 0 Å². The van der Waals surface area contributed by atoms with Gasteiger partial charge in [0.25, 0.3) is 0 Å². The Morgan fingerprint density at radius 1 is 1.07 bits per heavy atom. The van der Waals surface area contributed by atoms with Gasteiger partial charge in [0.05, 0.1) is 0 Å². The van der Waals surface area contributed by atoms with Crippen molar-refractivity contribution in [2.24, 2.45) is 0 Å². The fourth-order valence-corrected chi connectivity index (χ4v) is 8.71. The average molecular weight is 362 g/mol. The minimum absolute atomic E-state index is 0.218. The van der Waals surface area contributed by atoms with Crippen molar-refractivity contribution in [2.45, 2.75) is 16.0 Å². The molecule has 0 aromatic rings. The van der Waals surface area contributed by atoms with Gasteiger partial charge in [-0.1, -0.05) is 0 Å². The first-order chi connectivity index (χ1) is 6.67. The molecule has 0 spiro atoms. The van der Waals surface area contributed by atoms with Crippen LogP contribution in [-0.4, -0.2) is 12.8 Å². The summed E-state index contributed by atoms with van der Waals surface area (Å²) in [5.74, 6) is 0. The molecule has 0 fully saturated rings. The zero-order valence-electron chi connectivity index (χ0n) is 7.73. The van der Waals surface area contributed by atoms with E-state index in [2.05, 4.69) is 0 Å². The predicted octanol–water partition coefficient (Wildman–Crippen LogP) is 1.23. The van der Waals surface area contributed by atoms with Gasteiger partial charge in [0.2, 0.25) is 0 Å². The third kappa shape index (κ3) is 1.20. The maximum absolute atomic E-state index is 11.0. The van der Waals surface area contributed by atoms with Gasteiger partial charge < -0.3 is 0 Å². The fraction of sp³-hybridized carbons (Fsp3) is 0.300. The summed E-state index contributed by atoms with van der Waals surface area (Å²) in [6, 6.07) is 0. The van der Waals surface area contributed by atoms with E-state index in [1.807, 2.05) is 0 Å². The fourth-order valence-electron chi connectivity index (χ4n) is 1.35. The molecule has 0 saturated carbocycles. The summed E-state index contributed by atoms with van der Waals surface area (Å²) >= 11 is -4.82. The monoisotopic (exact) mass is 362 g/mol. The Bertz CT molecular complexity index is 534. The first-order valence-electron chi connectivity index (χ1n) is 4.12. The molecular weight excluding hydrogens is 352 g/mol. The number of carbonyl (C=O) groups excluding carboxylic acids is 3. The van der Waals surface area contributed by atoms with Crippen LogP contribution in [0, 0.1) is 0 Å². The van der Waals surface area contributed by atoms with E-state index in [4.69, 9.17) is 0 Å². The maximum atomic E-state index is 11.0. The molecule has 74 valence electrons. The molecule has 14 heavy (non-hydrogen) atoms. The SMILES string of the molecule is C[CH2][W](=[C]=O)(=[C]=O)(=[C]=O)[CH]1C=CC=C1. The second-order valence-electron chi connectivity index (χ2n) is 3.03. The molecule has 0 aliphatic heterocycles. The number of hydrogen-bond acceptors (Lipinski definition) is 3. The topological polar surface area (TPSA) is 51.2 Å². The Hall–Kier alpha value is -1.09. The van der Waals surface area contributed by atoms with E-state index in [0.29, 0.717) is 0 Å². The molecule has 0 radical (unpaired) electrons. The van der Waals surface area contributed by atoms with Gasteiger partial charge in [-0.25, -0.2) is 0 Å². The molecule has 0 heterocycles. The van der Waals surface area contributed by atoms with Crippen LogP contribution in [0.4, 0.5) is 0 Å². The van der Waals surface area contributed by atoms with Crippen molar-refractivity contribution in [1.29, 1.82) is 0 Å². The Balaban J connectivity index is 3.96. The van der Waals surface area contributed by atoms with Crippen LogP contribution in [-0.2, 0) is 27.8 Å². The van der Waals surface area contributed by atoms with Crippen LogP contribution in [0.3, 0.4) is 0 Å². The van der Waals surface area contributed by atoms with Crippen LogP contribution in [0.5, 0.6) is 0 Å². The summed E-state index contributed by atoms with van der Waals surface area (Å²) in [4.78, 5) is 33.2. The summed E-state index contributed by atoms with van der Waals surface area (Å²) in [6.07, 6.45) is 6.82. The van der Waals surface area contributed by atoms with E-state index in [1.54, 1.807) is 44.0 Å². The van der Waals surface area contributed by atoms with Crippen molar-refractivity contribution in [2.75, 3.05) is 0 Å². The molecule has 0 N–H and O–H groups in total. The van der Waals surface area contributed by atoms with Crippen molar-refractivity contribution < 1.29 is 27.8 Å². The average Bonchev–Trinajstić information content (AvgIpc) is 2.78. The standard InChI is InChI=1S/C5H5.C2H5.3CO.W/c1-2-4-5-3-1;4*1-2;/h1-5H;1H2,2H3;;;;. The predicted molar refractivity (Wildman–Crippen MR) is 49.6 cm³/mol. The third-order valence-electron chi connectivity index (χ3n) is 2.48. The first kappa shape index (κ1) is 11.0. The summed E-state index contributed by atoms with van der Waals surface area (Å²) in [6.45, 7) is 1.66. The minimum atomic E-state index is -4.82. The van der Waals surface area contributed by atoms with Crippen molar-refractivity contribution in [3.05, 3.63) is 24.3 Å². The quantitative estimate of drug-likeness (QED) is 0.743. The van der Waals surface area contributed by atoms with Crippen LogP contribution < -0.4 is 0 Å². The summed E-state index contributed by atoms with van der Waals surface area (Å²) in [5.41, 5.74) is 0. The van der Waals surface area contributed by atoms with E-state index in [1.165, 1.54) is 0 Å². The van der Waals surface area contributed by atoms with Crippen molar-refractivity contribution in [3.63, 3.8) is 0 Å². The summed E-state index contributed by atoms with van der Waals surface area (Å²) in [5, 5.41) is 0.